The third-order valence-electron chi connectivity index (χ3n) is 2.20. The molecule has 0 aliphatic rings. The lowest BCUT2D eigenvalue weighted by atomic mass is 9.98. The van der Waals surface area contributed by atoms with Gasteiger partial charge in [0.25, 0.3) is 0 Å². The summed E-state index contributed by atoms with van der Waals surface area (Å²) in [7, 11) is 1.61. The van der Waals surface area contributed by atoms with Crippen LogP contribution in [0.4, 0.5) is 0 Å². The molecule has 0 aromatic heterocycles. The second-order valence-corrected chi connectivity index (χ2v) is 3.31. The summed E-state index contributed by atoms with van der Waals surface area (Å²) in [5, 5.41) is 8.50. The Hall–Kier alpha value is -1.82. The number of nitrogens with zero attached hydrogens (tertiary/aromatic N) is 1. The molecule has 0 heterocycles. The number of nitriles is 1. The Morgan fingerprint density at radius 1 is 1.47 bits per heavy atom. The minimum atomic E-state index is -0.205. The summed E-state index contributed by atoms with van der Waals surface area (Å²) < 4.78 is 5.03. The van der Waals surface area contributed by atoms with Gasteiger partial charge in [-0.05, 0) is 24.1 Å². The number of ether oxygens (including phenoxy) is 1. The Morgan fingerprint density at radius 3 is 2.60 bits per heavy atom. The van der Waals surface area contributed by atoms with E-state index in [4.69, 9.17) is 10.00 Å². The number of rotatable bonds is 5. The average molecular weight is 203 g/mol. The number of carbonyl (C=O) groups excluding carboxylic acids is 1. The van der Waals surface area contributed by atoms with Crippen molar-refractivity contribution in [1.29, 1.82) is 5.26 Å². The Kier molecular flexibility index (Phi) is 4.36. The molecule has 0 fully saturated rings. The molecule has 0 aliphatic heterocycles. The monoisotopic (exact) mass is 203 g/mol. The van der Waals surface area contributed by atoms with Crippen LogP contribution in [-0.4, -0.2) is 13.4 Å². The Bertz CT molecular complexity index is 351. The van der Waals surface area contributed by atoms with Gasteiger partial charge < -0.3 is 9.53 Å². The molecule has 0 N–H and O–H groups in total. The number of hydrogen-bond donors (Lipinski definition) is 0. The fourth-order valence-electron chi connectivity index (χ4n) is 1.35. The van der Waals surface area contributed by atoms with Gasteiger partial charge in [-0.3, -0.25) is 0 Å². The van der Waals surface area contributed by atoms with Crippen LogP contribution in [0, 0.1) is 17.2 Å². The Balaban J connectivity index is 2.63. The predicted molar refractivity (Wildman–Crippen MR) is 56.5 cm³/mol. The molecule has 1 aromatic rings. The minimum absolute atomic E-state index is 0.205. The first kappa shape index (κ1) is 11.3. The first-order valence-corrected chi connectivity index (χ1v) is 4.75. The van der Waals surface area contributed by atoms with Crippen molar-refractivity contribution in [3.8, 4) is 11.8 Å². The number of carbonyl (C=O) groups is 1. The summed E-state index contributed by atoms with van der Waals surface area (Å²) in [6.45, 7) is 0. The SMILES string of the molecule is COc1ccc(C[C@@H](C=O)CC#N)cc1. The lowest BCUT2D eigenvalue weighted by molar-refractivity contribution is -0.110. The Morgan fingerprint density at radius 2 is 2.13 bits per heavy atom. The van der Waals surface area contributed by atoms with E-state index in [0.717, 1.165) is 17.6 Å². The number of benzene rings is 1. The summed E-state index contributed by atoms with van der Waals surface area (Å²) in [5.41, 5.74) is 1.04. The predicted octanol–water partition coefficient (Wildman–Crippen LogP) is 1.97. The van der Waals surface area contributed by atoms with Gasteiger partial charge in [-0.25, -0.2) is 0 Å². The van der Waals surface area contributed by atoms with Crippen LogP contribution in [0.3, 0.4) is 0 Å². The summed E-state index contributed by atoms with van der Waals surface area (Å²) in [6.07, 6.45) is 1.73. The van der Waals surface area contributed by atoms with Crippen LogP contribution in [0.2, 0.25) is 0 Å². The molecular weight excluding hydrogens is 190 g/mol. The molecule has 1 rings (SSSR count). The summed E-state index contributed by atoms with van der Waals surface area (Å²) in [5.74, 6) is 0.588. The van der Waals surface area contributed by atoms with E-state index in [1.54, 1.807) is 7.11 Å². The molecule has 0 spiro atoms. The highest BCUT2D eigenvalue weighted by Gasteiger charge is 2.07. The molecule has 0 saturated heterocycles. The third kappa shape index (κ3) is 3.43. The molecule has 15 heavy (non-hydrogen) atoms. The van der Waals surface area contributed by atoms with Crippen molar-refractivity contribution in [2.24, 2.45) is 5.92 Å². The second-order valence-electron chi connectivity index (χ2n) is 3.31. The summed E-state index contributed by atoms with van der Waals surface area (Å²) in [6, 6.07) is 9.53. The highest BCUT2D eigenvalue weighted by molar-refractivity contribution is 5.55. The minimum Gasteiger partial charge on any atom is -0.497 e. The van der Waals surface area contributed by atoms with E-state index in [1.807, 2.05) is 30.3 Å². The summed E-state index contributed by atoms with van der Waals surface area (Å²) in [4.78, 5) is 10.6. The third-order valence-corrected chi connectivity index (χ3v) is 2.20. The van der Waals surface area contributed by atoms with Gasteiger partial charge in [0.1, 0.15) is 12.0 Å². The topological polar surface area (TPSA) is 50.1 Å². The van der Waals surface area contributed by atoms with Crippen molar-refractivity contribution < 1.29 is 9.53 Å². The fourth-order valence-corrected chi connectivity index (χ4v) is 1.35. The van der Waals surface area contributed by atoms with Crippen LogP contribution in [0.15, 0.2) is 24.3 Å². The maximum atomic E-state index is 10.6. The van der Waals surface area contributed by atoms with E-state index in [1.165, 1.54) is 0 Å². The second kappa shape index (κ2) is 5.82. The molecule has 0 radical (unpaired) electrons. The van der Waals surface area contributed by atoms with E-state index < -0.39 is 0 Å². The van der Waals surface area contributed by atoms with Gasteiger partial charge in [0.15, 0.2) is 0 Å². The van der Waals surface area contributed by atoms with Crippen molar-refractivity contribution >= 4 is 6.29 Å². The van der Waals surface area contributed by atoms with Crippen LogP contribution >= 0.6 is 0 Å². The number of aldehydes is 1. The Labute approximate surface area is 89.3 Å². The van der Waals surface area contributed by atoms with Gasteiger partial charge in [-0.1, -0.05) is 12.1 Å². The molecule has 1 aromatic carbocycles. The molecule has 0 amide bonds. The molecule has 0 unspecified atom stereocenters. The maximum absolute atomic E-state index is 10.6. The molecule has 0 bridgehead atoms. The maximum Gasteiger partial charge on any atom is 0.124 e. The highest BCUT2D eigenvalue weighted by Crippen LogP contribution is 2.15. The van der Waals surface area contributed by atoms with Crippen LogP contribution in [-0.2, 0) is 11.2 Å². The van der Waals surface area contributed by atoms with Crippen LogP contribution in [0.5, 0.6) is 5.75 Å². The van der Waals surface area contributed by atoms with Gasteiger partial charge in [-0.2, -0.15) is 5.26 Å². The molecule has 0 aliphatic carbocycles. The molecular formula is C12H13NO2. The zero-order valence-corrected chi connectivity index (χ0v) is 8.64. The van der Waals surface area contributed by atoms with E-state index in [-0.39, 0.29) is 12.3 Å². The average Bonchev–Trinajstić information content (AvgIpc) is 2.29. The normalized spacial score (nSPS) is 11.5. The molecule has 0 saturated carbocycles. The zero-order chi connectivity index (χ0) is 11.1. The van der Waals surface area contributed by atoms with Crippen molar-refractivity contribution in [3.05, 3.63) is 29.8 Å². The lowest BCUT2D eigenvalue weighted by Gasteiger charge is -2.06. The van der Waals surface area contributed by atoms with E-state index in [0.29, 0.717) is 6.42 Å². The van der Waals surface area contributed by atoms with E-state index in [9.17, 15) is 4.79 Å². The smallest absolute Gasteiger partial charge is 0.124 e. The standard InChI is InChI=1S/C12H13NO2/c1-15-12-4-2-10(3-5-12)8-11(9-14)6-7-13/h2-5,9,11H,6,8H2,1H3/t11-/m0/s1. The largest absolute Gasteiger partial charge is 0.497 e. The molecule has 3 nitrogen and oxygen atoms in total. The highest BCUT2D eigenvalue weighted by atomic mass is 16.5. The molecule has 1 atom stereocenters. The van der Waals surface area contributed by atoms with Gasteiger partial charge in [0.05, 0.1) is 13.2 Å². The number of methoxy groups -OCH3 is 1. The zero-order valence-electron chi connectivity index (χ0n) is 8.64. The van der Waals surface area contributed by atoms with Gasteiger partial charge in [0.2, 0.25) is 0 Å². The van der Waals surface area contributed by atoms with Gasteiger partial charge in [-0.15, -0.1) is 0 Å². The number of hydrogen-bond acceptors (Lipinski definition) is 3. The van der Waals surface area contributed by atoms with Crippen LogP contribution < -0.4 is 4.74 Å². The quantitative estimate of drug-likeness (QED) is 0.687. The molecule has 78 valence electrons. The summed E-state index contributed by atoms with van der Waals surface area (Å²) >= 11 is 0. The van der Waals surface area contributed by atoms with Crippen molar-refractivity contribution in [2.75, 3.05) is 7.11 Å². The van der Waals surface area contributed by atoms with Gasteiger partial charge in [0, 0.05) is 12.3 Å². The molecule has 3 heteroatoms. The lowest BCUT2D eigenvalue weighted by Crippen LogP contribution is -2.04. The van der Waals surface area contributed by atoms with Gasteiger partial charge >= 0.3 is 0 Å². The van der Waals surface area contributed by atoms with E-state index >= 15 is 0 Å². The first-order chi connectivity index (χ1) is 7.30. The van der Waals surface area contributed by atoms with Crippen molar-refractivity contribution in [3.63, 3.8) is 0 Å². The van der Waals surface area contributed by atoms with Crippen molar-refractivity contribution in [2.45, 2.75) is 12.8 Å². The van der Waals surface area contributed by atoms with Crippen molar-refractivity contribution in [1.82, 2.24) is 0 Å². The van der Waals surface area contributed by atoms with Crippen LogP contribution in [0.25, 0.3) is 0 Å². The first-order valence-electron chi connectivity index (χ1n) is 4.75. The fraction of sp³-hybridized carbons (Fsp3) is 0.333. The van der Waals surface area contributed by atoms with E-state index in [2.05, 4.69) is 0 Å². The van der Waals surface area contributed by atoms with Crippen LogP contribution in [0.1, 0.15) is 12.0 Å².